The molecule has 1 aromatic rings. The summed E-state index contributed by atoms with van der Waals surface area (Å²) in [4.78, 5) is 45.3. The number of ether oxygens (including phenoxy) is 1. The van der Waals surface area contributed by atoms with Crippen LogP contribution in [0.1, 0.15) is 43.0 Å². The first kappa shape index (κ1) is 19.7. The zero-order chi connectivity index (χ0) is 20.5. The van der Waals surface area contributed by atoms with Crippen LogP contribution in [0.3, 0.4) is 0 Å². The molecule has 4 rings (SSSR count). The molecule has 1 aromatic heterocycles. The van der Waals surface area contributed by atoms with E-state index in [0.717, 1.165) is 25.8 Å². The summed E-state index contributed by atoms with van der Waals surface area (Å²) in [6, 6.07) is 3.63. The van der Waals surface area contributed by atoms with Crippen molar-refractivity contribution >= 4 is 23.6 Å². The van der Waals surface area contributed by atoms with Crippen molar-refractivity contribution in [2.75, 3.05) is 31.6 Å². The molecule has 0 saturated carbocycles. The van der Waals surface area contributed by atoms with Crippen LogP contribution in [0.2, 0.25) is 0 Å². The number of fused-ring (bicyclic) bond motifs is 4. The maximum atomic E-state index is 12.8. The summed E-state index contributed by atoms with van der Waals surface area (Å²) in [5.74, 6) is 0.910. The van der Waals surface area contributed by atoms with E-state index in [2.05, 4.69) is 20.1 Å². The fourth-order valence-corrected chi connectivity index (χ4v) is 5.38. The summed E-state index contributed by atoms with van der Waals surface area (Å²) in [6.07, 6.45) is 5.20. The van der Waals surface area contributed by atoms with Crippen LogP contribution in [-0.2, 0) is 14.3 Å². The highest BCUT2D eigenvalue weighted by Gasteiger charge is 2.49. The smallest absolute Gasteiger partial charge is 0.341 e. The second kappa shape index (κ2) is 8.00. The maximum absolute atomic E-state index is 12.8. The minimum absolute atomic E-state index is 0.0268. The summed E-state index contributed by atoms with van der Waals surface area (Å²) < 4.78 is 4.94. The molecular formula is C21H28N4O4. The van der Waals surface area contributed by atoms with Crippen LogP contribution in [0.15, 0.2) is 18.3 Å². The number of anilines is 1. The Kier molecular flexibility index (Phi) is 5.43. The van der Waals surface area contributed by atoms with E-state index in [1.165, 1.54) is 14.0 Å². The SMILES string of the molecule is COC(=O)c1cccnc1N1C[C@H]2C[C@@H](C1)[C@H](CNC(C)=O)N1C(=O)CCC[C@@H]21. The van der Waals surface area contributed by atoms with Crippen molar-refractivity contribution in [3.05, 3.63) is 23.9 Å². The van der Waals surface area contributed by atoms with Crippen LogP contribution in [0, 0.1) is 11.8 Å². The molecule has 0 aromatic carbocycles. The molecule has 0 unspecified atom stereocenters. The summed E-state index contributed by atoms with van der Waals surface area (Å²) in [5.41, 5.74) is 0.463. The molecule has 3 fully saturated rings. The van der Waals surface area contributed by atoms with E-state index in [0.29, 0.717) is 36.8 Å². The van der Waals surface area contributed by atoms with Crippen molar-refractivity contribution < 1.29 is 19.1 Å². The van der Waals surface area contributed by atoms with Gasteiger partial charge < -0.3 is 19.9 Å². The number of rotatable bonds is 4. The number of esters is 1. The van der Waals surface area contributed by atoms with Gasteiger partial charge in [0, 0.05) is 45.2 Å². The molecule has 2 bridgehead atoms. The number of hydrogen-bond acceptors (Lipinski definition) is 6. The number of piperidine rings is 3. The fraction of sp³-hybridized carbons (Fsp3) is 0.619. The van der Waals surface area contributed by atoms with Crippen molar-refractivity contribution in [2.45, 2.75) is 44.7 Å². The first-order valence-electron chi connectivity index (χ1n) is 10.3. The minimum Gasteiger partial charge on any atom is -0.465 e. The highest BCUT2D eigenvalue weighted by Crippen LogP contribution is 2.42. The second-order valence-electron chi connectivity index (χ2n) is 8.29. The third-order valence-electron chi connectivity index (χ3n) is 6.55. The number of pyridine rings is 1. The van der Waals surface area contributed by atoms with E-state index in [9.17, 15) is 14.4 Å². The van der Waals surface area contributed by atoms with Gasteiger partial charge in [0.15, 0.2) is 0 Å². The van der Waals surface area contributed by atoms with E-state index in [1.807, 2.05) is 0 Å². The van der Waals surface area contributed by atoms with Crippen LogP contribution >= 0.6 is 0 Å². The van der Waals surface area contributed by atoms with Gasteiger partial charge in [0.05, 0.1) is 13.2 Å². The number of methoxy groups -OCH3 is 1. The number of hydrogen-bond donors (Lipinski definition) is 1. The van der Waals surface area contributed by atoms with Gasteiger partial charge in [-0.1, -0.05) is 0 Å². The molecule has 2 amide bonds. The molecule has 0 aliphatic carbocycles. The Hall–Kier alpha value is -2.64. The fourth-order valence-electron chi connectivity index (χ4n) is 5.38. The number of carbonyl (C=O) groups excluding carboxylic acids is 3. The first-order chi connectivity index (χ1) is 14.0. The zero-order valence-corrected chi connectivity index (χ0v) is 17.0. The highest BCUT2D eigenvalue weighted by atomic mass is 16.5. The van der Waals surface area contributed by atoms with E-state index in [-0.39, 0.29) is 29.8 Å². The van der Waals surface area contributed by atoms with Gasteiger partial charge in [-0.3, -0.25) is 9.59 Å². The Morgan fingerprint density at radius 1 is 1.31 bits per heavy atom. The predicted octanol–water partition coefficient (Wildman–Crippen LogP) is 1.21. The molecule has 3 aliphatic heterocycles. The minimum atomic E-state index is -0.395. The summed E-state index contributed by atoms with van der Waals surface area (Å²) in [6.45, 7) is 3.43. The molecule has 0 radical (unpaired) electrons. The van der Waals surface area contributed by atoms with Crippen LogP contribution in [0.4, 0.5) is 5.82 Å². The van der Waals surface area contributed by atoms with Gasteiger partial charge in [-0.15, -0.1) is 0 Å². The maximum Gasteiger partial charge on any atom is 0.341 e. The summed E-state index contributed by atoms with van der Waals surface area (Å²) in [7, 11) is 1.37. The largest absolute Gasteiger partial charge is 0.465 e. The van der Waals surface area contributed by atoms with Crippen molar-refractivity contribution in [2.24, 2.45) is 11.8 Å². The van der Waals surface area contributed by atoms with Crippen LogP contribution < -0.4 is 10.2 Å². The Bertz CT molecular complexity index is 814. The van der Waals surface area contributed by atoms with E-state index < -0.39 is 5.97 Å². The van der Waals surface area contributed by atoms with Crippen molar-refractivity contribution in [1.29, 1.82) is 0 Å². The van der Waals surface area contributed by atoms with E-state index in [1.54, 1.807) is 18.3 Å². The molecule has 3 saturated heterocycles. The molecular weight excluding hydrogens is 372 g/mol. The molecule has 0 spiro atoms. The zero-order valence-electron chi connectivity index (χ0n) is 17.0. The number of nitrogens with zero attached hydrogens (tertiary/aromatic N) is 3. The monoisotopic (exact) mass is 400 g/mol. The van der Waals surface area contributed by atoms with Gasteiger partial charge in [-0.05, 0) is 43.2 Å². The Labute approximate surface area is 170 Å². The normalized spacial score (nSPS) is 28.6. The second-order valence-corrected chi connectivity index (χ2v) is 8.29. The van der Waals surface area contributed by atoms with Gasteiger partial charge in [-0.25, -0.2) is 9.78 Å². The number of carbonyl (C=O) groups is 3. The van der Waals surface area contributed by atoms with Crippen LogP contribution in [0.5, 0.6) is 0 Å². The average molecular weight is 400 g/mol. The molecule has 4 atom stereocenters. The first-order valence-corrected chi connectivity index (χ1v) is 10.3. The average Bonchev–Trinajstić information content (AvgIpc) is 2.73. The third kappa shape index (κ3) is 3.68. The number of aromatic nitrogens is 1. The van der Waals surface area contributed by atoms with E-state index in [4.69, 9.17) is 4.74 Å². The topological polar surface area (TPSA) is 91.8 Å². The lowest BCUT2D eigenvalue weighted by atomic mass is 9.72. The van der Waals surface area contributed by atoms with Crippen LogP contribution in [-0.4, -0.2) is 66.5 Å². The summed E-state index contributed by atoms with van der Waals surface area (Å²) >= 11 is 0. The molecule has 4 heterocycles. The van der Waals surface area contributed by atoms with E-state index >= 15 is 0 Å². The molecule has 8 nitrogen and oxygen atoms in total. The predicted molar refractivity (Wildman–Crippen MR) is 106 cm³/mol. The highest BCUT2D eigenvalue weighted by molar-refractivity contribution is 5.94. The van der Waals surface area contributed by atoms with Gasteiger partial charge in [0.1, 0.15) is 11.4 Å². The molecule has 8 heteroatoms. The Balaban J connectivity index is 1.65. The lowest BCUT2D eigenvalue weighted by Gasteiger charge is -2.56. The van der Waals surface area contributed by atoms with Gasteiger partial charge >= 0.3 is 5.97 Å². The molecule has 3 aliphatic rings. The molecule has 1 N–H and O–H groups in total. The van der Waals surface area contributed by atoms with Gasteiger partial charge in [-0.2, -0.15) is 0 Å². The Morgan fingerprint density at radius 3 is 2.86 bits per heavy atom. The molecule has 29 heavy (non-hydrogen) atoms. The Morgan fingerprint density at radius 2 is 2.10 bits per heavy atom. The standard InChI is InChI=1S/C21H28N4O4/c1-13(26)23-10-18-15-9-14(17-6-3-7-19(27)25(17)18)11-24(12-15)20-16(21(28)29-2)5-4-8-22-20/h4-5,8,14-15,17-18H,3,6-7,9-12H2,1-2H3,(H,23,26)/t14-,15+,17+,18+/m1/s1. The number of amides is 2. The summed E-state index contributed by atoms with van der Waals surface area (Å²) in [5, 5.41) is 2.92. The lowest BCUT2D eigenvalue weighted by Crippen LogP contribution is -2.67. The number of nitrogens with one attached hydrogen (secondary N) is 1. The van der Waals surface area contributed by atoms with Crippen molar-refractivity contribution in [3.8, 4) is 0 Å². The third-order valence-corrected chi connectivity index (χ3v) is 6.55. The van der Waals surface area contributed by atoms with Crippen molar-refractivity contribution in [3.63, 3.8) is 0 Å². The van der Waals surface area contributed by atoms with Crippen molar-refractivity contribution in [1.82, 2.24) is 15.2 Å². The lowest BCUT2D eigenvalue weighted by molar-refractivity contribution is -0.149. The van der Waals surface area contributed by atoms with Gasteiger partial charge in [0.2, 0.25) is 11.8 Å². The quantitative estimate of drug-likeness (QED) is 0.764. The van der Waals surface area contributed by atoms with Gasteiger partial charge in [0.25, 0.3) is 0 Å². The molecule has 156 valence electrons. The van der Waals surface area contributed by atoms with Crippen LogP contribution in [0.25, 0.3) is 0 Å².